The van der Waals surface area contributed by atoms with E-state index in [0.29, 0.717) is 11.6 Å². The number of hydrogen-bond acceptors (Lipinski definition) is 5. The van der Waals surface area contributed by atoms with Crippen LogP contribution in [0.3, 0.4) is 0 Å². The Morgan fingerprint density at radius 2 is 1.92 bits per heavy atom. The number of urea groups is 1. The standard InChI is InChI=1S/C17H22N4O3S/c1-21(7-8-24-2)10-11-3-5-12(6-4-11)14-9-13(15(18)22)16(25-14)20-17(19)23/h3-6,9H,7-8,10H2,1-2H3,(H2,18,22)(H3,19,20,23). The summed E-state index contributed by atoms with van der Waals surface area (Å²) in [5.41, 5.74) is 12.9. The highest BCUT2D eigenvalue weighted by Crippen LogP contribution is 2.35. The number of carbonyl (C=O) groups excluding carboxylic acids is 2. The first-order valence-electron chi connectivity index (χ1n) is 7.67. The number of anilines is 1. The van der Waals surface area contributed by atoms with Gasteiger partial charge in [0.15, 0.2) is 0 Å². The zero-order chi connectivity index (χ0) is 18.4. The molecule has 0 saturated carbocycles. The Balaban J connectivity index is 2.16. The molecule has 0 radical (unpaired) electrons. The summed E-state index contributed by atoms with van der Waals surface area (Å²) >= 11 is 1.26. The Hall–Kier alpha value is -2.42. The van der Waals surface area contributed by atoms with E-state index in [0.717, 1.165) is 23.5 Å². The van der Waals surface area contributed by atoms with Crippen LogP contribution in [0.15, 0.2) is 30.3 Å². The zero-order valence-electron chi connectivity index (χ0n) is 14.2. The van der Waals surface area contributed by atoms with Gasteiger partial charge in [0.2, 0.25) is 0 Å². The molecule has 0 saturated heterocycles. The van der Waals surface area contributed by atoms with Gasteiger partial charge in [-0.3, -0.25) is 15.0 Å². The summed E-state index contributed by atoms with van der Waals surface area (Å²) in [6.45, 7) is 2.36. The van der Waals surface area contributed by atoms with Crippen molar-refractivity contribution in [2.45, 2.75) is 6.54 Å². The third-order valence-electron chi connectivity index (χ3n) is 3.60. The van der Waals surface area contributed by atoms with Crippen molar-refractivity contribution < 1.29 is 14.3 Å². The van der Waals surface area contributed by atoms with Crippen molar-refractivity contribution in [3.63, 3.8) is 0 Å². The summed E-state index contributed by atoms with van der Waals surface area (Å²) < 4.78 is 5.07. The molecule has 7 nitrogen and oxygen atoms in total. The van der Waals surface area contributed by atoms with Crippen molar-refractivity contribution in [3.05, 3.63) is 41.5 Å². The van der Waals surface area contributed by atoms with Crippen molar-refractivity contribution in [1.82, 2.24) is 4.90 Å². The molecule has 1 heterocycles. The molecule has 0 aliphatic heterocycles. The van der Waals surface area contributed by atoms with Crippen LogP contribution in [-0.2, 0) is 11.3 Å². The van der Waals surface area contributed by atoms with Crippen LogP contribution in [0, 0.1) is 0 Å². The van der Waals surface area contributed by atoms with Gasteiger partial charge in [0.1, 0.15) is 5.00 Å². The predicted molar refractivity (Wildman–Crippen MR) is 99.7 cm³/mol. The number of nitrogens with two attached hydrogens (primary N) is 2. The van der Waals surface area contributed by atoms with Crippen molar-refractivity contribution in [2.75, 3.05) is 32.6 Å². The van der Waals surface area contributed by atoms with Gasteiger partial charge in [-0.25, -0.2) is 4.79 Å². The Kier molecular flexibility index (Phi) is 6.51. The SMILES string of the molecule is COCCN(C)Cc1ccc(-c2cc(C(N)=O)c(NC(N)=O)s2)cc1. The fourth-order valence-electron chi connectivity index (χ4n) is 2.33. The summed E-state index contributed by atoms with van der Waals surface area (Å²) in [4.78, 5) is 25.6. The number of ether oxygens (including phenoxy) is 1. The molecule has 134 valence electrons. The lowest BCUT2D eigenvalue weighted by atomic mass is 10.1. The van der Waals surface area contributed by atoms with E-state index in [4.69, 9.17) is 16.2 Å². The van der Waals surface area contributed by atoms with Gasteiger partial charge in [-0.2, -0.15) is 0 Å². The smallest absolute Gasteiger partial charge is 0.317 e. The number of amides is 3. The minimum atomic E-state index is -0.731. The normalized spacial score (nSPS) is 10.8. The van der Waals surface area contributed by atoms with Crippen LogP contribution in [0.5, 0.6) is 0 Å². The Bertz CT molecular complexity index is 743. The third-order valence-corrected chi connectivity index (χ3v) is 4.70. The number of primary amides is 2. The van der Waals surface area contributed by atoms with Gasteiger partial charge in [-0.15, -0.1) is 11.3 Å². The Labute approximate surface area is 150 Å². The second kappa shape index (κ2) is 8.61. The van der Waals surface area contributed by atoms with Gasteiger partial charge in [0, 0.05) is 25.1 Å². The lowest BCUT2D eigenvalue weighted by Gasteiger charge is -2.16. The van der Waals surface area contributed by atoms with Crippen LogP contribution in [-0.4, -0.2) is 44.1 Å². The molecule has 1 aromatic carbocycles. The molecular weight excluding hydrogens is 340 g/mol. The van der Waals surface area contributed by atoms with Crippen molar-refractivity contribution >= 4 is 28.3 Å². The largest absolute Gasteiger partial charge is 0.383 e. The molecule has 0 bridgehead atoms. The molecule has 0 unspecified atom stereocenters. The monoisotopic (exact) mass is 362 g/mol. The molecule has 0 fully saturated rings. The lowest BCUT2D eigenvalue weighted by Crippen LogP contribution is -2.22. The molecule has 0 aliphatic rings. The molecular formula is C17H22N4O3S. The first kappa shape index (κ1) is 18.9. The van der Waals surface area contributed by atoms with Gasteiger partial charge < -0.3 is 16.2 Å². The molecule has 2 aromatic rings. The van der Waals surface area contributed by atoms with E-state index in [1.165, 1.54) is 16.9 Å². The fourth-order valence-corrected chi connectivity index (χ4v) is 3.41. The molecule has 1 aromatic heterocycles. The van der Waals surface area contributed by atoms with Crippen molar-refractivity contribution in [1.29, 1.82) is 0 Å². The topological polar surface area (TPSA) is 111 Å². The van der Waals surface area contributed by atoms with E-state index in [1.54, 1.807) is 13.2 Å². The average molecular weight is 362 g/mol. The van der Waals surface area contributed by atoms with Crippen LogP contribution in [0.25, 0.3) is 10.4 Å². The van der Waals surface area contributed by atoms with Crippen LogP contribution < -0.4 is 16.8 Å². The molecule has 5 N–H and O–H groups in total. The Morgan fingerprint density at radius 1 is 1.24 bits per heavy atom. The summed E-state index contributed by atoms with van der Waals surface area (Å²) in [5.74, 6) is -0.609. The highest BCUT2D eigenvalue weighted by Gasteiger charge is 2.16. The number of hydrogen-bond donors (Lipinski definition) is 3. The van der Waals surface area contributed by atoms with Crippen LogP contribution in [0.4, 0.5) is 9.80 Å². The summed E-state index contributed by atoms with van der Waals surface area (Å²) in [6, 6.07) is 8.95. The van der Waals surface area contributed by atoms with E-state index in [2.05, 4.69) is 10.2 Å². The summed E-state index contributed by atoms with van der Waals surface area (Å²) in [5, 5.41) is 2.80. The van der Waals surface area contributed by atoms with Crippen molar-refractivity contribution in [3.8, 4) is 10.4 Å². The number of rotatable bonds is 8. The molecule has 2 rings (SSSR count). The zero-order valence-corrected chi connectivity index (χ0v) is 15.1. The lowest BCUT2D eigenvalue weighted by molar-refractivity contribution is 0.100. The molecule has 0 aliphatic carbocycles. The molecule has 3 amide bonds. The second-order valence-corrected chi connectivity index (χ2v) is 6.69. The molecule has 8 heteroatoms. The molecule has 0 spiro atoms. The maximum absolute atomic E-state index is 11.5. The highest BCUT2D eigenvalue weighted by molar-refractivity contribution is 7.20. The van der Waals surface area contributed by atoms with E-state index in [1.807, 2.05) is 31.3 Å². The van der Waals surface area contributed by atoms with Crippen LogP contribution >= 0.6 is 11.3 Å². The van der Waals surface area contributed by atoms with Gasteiger partial charge in [-0.1, -0.05) is 24.3 Å². The van der Waals surface area contributed by atoms with E-state index < -0.39 is 11.9 Å². The maximum Gasteiger partial charge on any atom is 0.317 e. The number of methoxy groups -OCH3 is 1. The fraction of sp³-hybridized carbons (Fsp3) is 0.294. The second-order valence-electron chi connectivity index (χ2n) is 5.63. The van der Waals surface area contributed by atoms with E-state index in [9.17, 15) is 9.59 Å². The number of carbonyl (C=O) groups is 2. The average Bonchev–Trinajstić information content (AvgIpc) is 2.97. The summed E-state index contributed by atoms with van der Waals surface area (Å²) in [7, 11) is 3.72. The first-order chi connectivity index (χ1) is 11.9. The number of nitrogens with zero attached hydrogens (tertiary/aromatic N) is 1. The van der Waals surface area contributed by atoms with E-state index in [-0.39, 0.29) is 5.56 Å². The predicted octanol–water partition coefficient (Wildman–Crippen LogP) is 2.08. The quantitative estimate of drug-likeness (QED) is 0.667. The number of nitrogens with one attached hydrogen (secondary N) is 1. The minimum absolute atomic E-state index is 0.252. The molecule has 0 atom stereocenters. The number of likely N-dealkylation sites (N-methyl/N-ethyl adjacent to an activating group) is 1. The maximum atomic E-state index is 11.5. The van der Waals surface area contributed by atoms with Gasteiger partial charge in [-0.05, 0) is 24.2 Å². The number of benzene rings is 1. The van der Waals surface area contributed by atoms with Crippen LogP contribution in [0.2, 0.25) is 0 Å². The van der Waals surface area contributed by atoms with Crippen molar-refractivity contribution in [2.24, 2.45) is 11.5 Å². The highest BCUT2D eigenvalue weighted by atomic mass is 32.1. The van der Waals surface area contributed by atoms with E-state index >= 15 is 0 Å². The van der Waals surface area contributed by atoms with Gasteiger partial charge in [0.05, 0.1) is 12.2 Å². The van der Waals surface area contributed by atoms with Gasteiger partial charge >= 0.3 is 6.03 Å². The van der Waals surface area contributed by atoms with Crippen LogP contribution in [0.1, 0.15) is 15.9 Å². The van der Waals surface area contributed by atoms with Gasteiger partial charge in [0.25, 0.3) is 5.91 Å². The molecule has 25 heavy (non-hydrogen) atoms. The first-order valence-corrected chi connectivity index (χ1v) is 8.49. The number of thiophene rings is 1. The minimum Gasteiger partial charge on any atom is -0.383 e. The Morgan fingerprint density at radius 3 is 2.48 bits per heavy atom. The third kappa shape index (κ3) is 5.28. The summed E-state index contributed by atoms with van der Waals surface area (Å²) in [6.07, 6.45) is 0.